The molecule has 0 aromatic heterocycles. The molecular formula is C23H39NO3. The van der Waals surface area contributed by atoms with E-state index in [1.807, 2.05) is 55.4 Å². The highest BCUT2D eigenvalue weighted by Gasteiger charge is 2.37. The van der Waals surface area contributed by atoms with Crippen LogP contribution in [0.1, 0.15) is 82.6 Å². The fraction of sp³-hybridized carbons (Fsp3) is 0.783. The van der Waals surface area contributed by atoms with Crippen LogP contribution >= 0.6 is 0 Å². The summed E-state index contributed by atoms with van der Waals surface area (Å²) in [6.45, 7) is 21.3. The molecule has 0 aromatic rings. The number of nitrogens with one attached hydrogen (secondary N) is 1. The first-order valence-electron chi connectivity index (χ1n) is 9.63. The molecule has 0 unspecified atom stereocenters. The van der Waals surface area contributed by atoms with Gasteiger partial charge in [-0.15, -0.1) is 0 Å². The second-order valence-corrected chi connectivity index (χ2v) is 10.6. The predicted octanol–water partition coefficient (Wildman–Crippen LogP) is 4.76. The SMILES string of the molecule is CC(C)C[C@H](NC(=O)OC(C)(C)C)C(O)(C#CC(C)(C)C)C#CC(C)(C)C. The van der Waals surface area contributed by atoms with Crippen molar-refractivity contribution in [2.45, 2.75) is 99.8 Å². The van der Waals surface area contributed by atoms with Crippen LogP contribution in [0.25, 0.3) is 0 Å². The third-order valence-corrected chi connectivity index (χ3v) is 3.16. The molecule has 0 aliphatic carbocycles. The van der Waals surface area contributed by atoms with Crippen molar-refractivity contribution in [2.24, 2.45) is 16.7 Å². The highest BCUT2D eigenvalue weighted by Crippen LogP contribution is 2.21. The quantitative estimate of drug-likeness (QED) is 0.695. The number of alkyl carbamates (subject to hydrolysis) is 1. The molecule has 0 radical (unpaired) electrons. The van der Waals surface area contributed by atoms with E-state index in [0.29, 0.717) is 6.42 Å². The Kier molecular flexibility index (Phi) is 8.48. The second kappa shape index (κ2) is 9.03. The average Bonchev–Trinajstić information content (AvgIpc) is 2.38. The van der Waals surface area contributed by atoms with Crippen LogP contribution in [0.3, 0.4) is 0 Å². The Morgan fingerprint density at radius 1 is 0.889 bits per heavy atom. The van der Waals surface area contributed by atoms with Gasteiger partial charge in [-0.3, -0.25) is 0 Å². The molecule has 1 atom stereocenters. The average molecular weight is 378 g/mol. The number of ether oxygens (including phenoxy) is 1. The van der Waals surface area contributed by atoms with Gasteiger partial charge in [0.05, 0.1) is 6.04 Å². The Labute approximate surface area is 166 Å². The van der Waals surface area contributed by atoms with Crippen molar-refractivity contribution < 1.29 is 14.6 Å². The molecule has 0 aliphatic heterocycles. The molecule has 4 nitrogen and oxygen atoms in total. The molecule has 0 aliphatic rings. The highest BCUT2D eigenvalue weighted by atomic mass is 16.6. The summed E-state index contributed by atoms with van der Waals surface area (Å²) in [5, 5.41) is 14.2. The number of carbonyl (C=O) groups is 1. The number of aliphatic hydroxyl groups is 1. The van der Waals surface area contributed by atoms with Crippen molar-refractivity contribution in [3.8, 4) is 23.7 Å². The number of hydrogen-bond acceptors (Lipinski definition) is 3. The normalized spacial score (nSPS) is 13.8. The van der Waals surface area contributed by atoms with Gasteiger partial charge in [-0.2, -0.15) is 0 Å². The van der Waals surface area contributed by atoms with Gasteiger partial charge in [-0.05, 0) is 74.7 Å². The van der Waals surface area contributed by atoms with Crippen LogP contribution in [0, 0.1) is 40.4 Å². The first kappa shape index (κ1) is 25.4. The van der Waals surface area contributed by atoms with Crippen molar-refractivity contribution >= 4 is 6.09 Å². The van der Waals surface area contributed by atoms with Crippen molar-refractivity contribution in [1.29, 1.82) is 0 Å². The summed E-state index contributed by atoms with van der Waals surface area (Å²) in [5.41, 5.74) is -2.89. The first-order chi connectivity index (χ1) is 11.8. The van der Waals surface area contributed by atoms with Gasteiger partial charge in [0.2, 0.25) is 5.60 Å². The van der Waals surface area contributed by atoms with Crippen molar-refractivity contribution in [2.75, 3.05) is 0 Å². The summed E-state index contributed by atoms with van der Waals surface area (Å²) in [7, 11) is 0. The topological polar surface area (TPSA) is 58.6 Å². The highest BCUT2D eigenvalue weighted by molar-refractivity contribution is 5.68. The zero-order chi connectivity index (χ0) is 21.7. The fourth-order valence-corrected chi connectivity index (χ4v) is 2.03. The molecule has 154 valence electrons. The van der Waals surface area contributed by atoms with E-state index in [2.05, 4.69) is 29.0 Å². The lowest BCUT2D eigenvalue weighted by Crippen LogP contribution is -2.53. The first-order valence-corrected chi connectivity index (χ1v) is 9.63. The van der Waals surface area contributed by atoms with Crippen LogP contribution < -0.4 is 5.32 Å². The Hall–Kier alpha value is -1.65. The van der Waals surface area contributed by atoms with Crippen molar-refractivity contribution in [3.63, 3.8) is 0 Å². The minimum atomic E-state index is -1.66. The van der Waals surface area contributed by atoms with Gasteiger partial charge in [0.25, 0.3) is 0 Å². The van der Waals surface area contributed by atoms with Crippen LogP contribution in [0.4, 0.5) is 4.79 Å². The lowest BCUT2D eigenvalue weighted by molar-refractivity contribution is 0.0380. The van der Waals surface area contributed by atoms with Crippen LogP contribution in [-0.2, 0) is 4.74 Å². The minimum absolute atomic E-state index is 0.226. The maximum atomic E-state index is 12.4. The van der Waals surface area contributed by atoms with Crippen LogP contribution in [0.5, 0.6) is 0 Å². The molecule has 0 spiro atoms. The summed E-state index contributed by atoms with van der Waals surface area (Å²) in [6.07, 6.45) is -0.0605. The summed E-state index contributed by atoms with van der Waals surface area (Å²) >= 11 is 0. The molecular weight excluding hydrogens is 338 g/mol. The number of hydrogen-bond donors (Lipinski definition) is 2. The lowest BCUT2D eigenvalue weighted by atomic mass is 9.85. The summed E-state index contributed by atoms with van der Waals surface area (Å²) in [6, 6.07) is -0.669. The fourth-order valence-electron chi connectivity index (χ4n) is 2.03. The summed E-state index contributed by atoms with van der Waals surface area (Å²) in [5.74, 6) is 12.3. The van der Waals surface area contributed by atoms with E-state index in [9.17, 15) is 9.90 Å². The van der Waals surface area contributed by atoms with Gasteiger partial charge in [0.15, 0.2) is 0 Å². The van der Waals surface area contributed by atoms with E-state index >= 15 is 0 Å². The molecule has 0 aromatic carbocycles. The van der Waals surface area contributed by atoms with Gasteiger partial charge in [0, 0.05) is 10.8 Å². The number of carbonyl (C=O) groups excluding carboxylic acids is 1. The molecule has 0 saturated carbocycles. The molecule has 2 N–H and O–H groups in total. The van der Waals surface area contributed by atoms with Gasteiger partial charge in [0.1, 0.15) is 5.60 Å². The second-order valence-electron chi connectivity index (χ2n) is 10.6. The zero-order valence-corrected chi connectivity index (χ0v) is 19.1. The maximum absolute atomic E-state index is 12.4. The van der Waals surface area contributed by atoms with Crippen LogP contribution in [-0.4, -0.2) is 28.4 Å². The Bertz CT molecular complexity index is 587. The van der Waals surface area contributed by atoms with Gasteiger partial charge >= 0.3 is 6.09 Å². The predicted molar refractivity (Wildman–Crippen MR) is 112 cm³/mol. The number of rotatable bonds is 4. The third kappa shape index (κ3) is 12.4. The molecule has 0 bridgehead atoms. The van der Waals surface area contributed by atoms with E-state index < -0.39 is 23.3 Å². The molecule has 0 rings (SSSR count). The van der Waals surface area contributed by atoms with Gasteiger partial charge < -0.3 is 15.2 Å². The monoisotopic (exact) mass is 377 g/mol. The minimum Gasteiger partial charge on any atom is -0.444 e. The Balaban J connectivity index is 6.06. The molecule has 4 heteroatoms. The van der Waals surface area contributed by atoms with Gasteiger partial charge in [-0.1, -0.05) is 37.5 Å². The Morgan fingerprint density at radius 3 is 1.59 bits per heavy atom. The van der Waals surface area contributed by atoms with E-state index in [-0.39, 0.29) is 16.7 Å². The van der Waals surface area contributed by atoms with Crippen molar-refractivity contribution in [3.05, 3.63) is 0 Å². The summed E-state index contributed by atoms with van der Waals surface area (Å²) < 4.78 is 5.38. The molecule has 0 saturated heterocycles. The third-order valence-electron chi connectivity index (χ3n) is 3.16. The van der Waals surface area contributed by atoms with Crippen LogP contribution in [0.2, 0.25) is 0 Å². The van der Waals surface area contributed by atoms with Gasteiger partial charge in [-0.25, -0.2) is 4.79 Å². The van der Waals surface area contributed by atoms with E-state index in [1.54, 1.807) is 20.8 Å². The number of amides is 1. The summed E-state index contributed by atoms with van der Waals surface area (Å²) in [4.78, 5) is 12.4. The maximum Gasteiger partial charge on any atom is 0.408 e. The zero-order valence-electron chi connectivity index (χ0n) is 19.1. The lowest BCUT2D eigenvalue weighted by Gasteiger charge is -2.31. The molecule has 0 heterocycles. The van der Waals surface area contributed by atoms with E-state index in [0.717, 1.165) is 0 Å². The molecule has 27 heavy (non-hydrogen) atoms. The van der Waals surface area contributed by atoms with Crippen LogP contribution in [0.15, 0.2) is 0 Å². The molecule has 0 fully saturated rings. The smallest absolute Gasteiger partial charge is 0.408 e. The van der Waals surface area contributed by atoms with E-state index in [4.69, 9.17) is 4.74 Å². The largest absolute Gasteiger partial charge is 0.444 e. The van der Waals surface area contributed by atoms with Crippen molar-refractivity contribution in [1.82, 2.24) is 5.32 Å². The van der Waals surface area contributed by atoms with E-state index in [1.165, 1.54) is 0 Å². The standard InChI is InChI=1S/C23H39NO3/c1-17(2)16-18(24-19(25)27-22(9,10)11)23(26,14-12-20(3,4)5)15-13-21(6,7)8/h17-18,26H,16H2,1-11H3,(H,24,25)/t18-/m0/s1. The molecule has 1 amide bonds. The Morgan fingerprint density at radius 2 is 1.30 bits per heavy atom.